The first-order valence-corrected chi connectivity index (χ1v) is 4.45. The summed E-state index contributed by atoms with van der Waals surface area (Å²) in [5, 5.41) is 6.04. The van der Waals surface area contributed by atoms with Crippen molar-refractivity contribution in [2.75, 3.05) is 19.6 Å². The first-order chi connectivity index (χ1) is 6.18. The SMILES string of the molecule is CC(N)=NCC(=O)NC1CCNC1. The van der Waals surface area contributed by atoms with Crippen molar-refractivity contribution < 1.29 is 4.79 Å². The zero-order valence-electron chi connectivity index (χ0n) is 7.84. The maximum atomic E-state index is 11.2. The molecular weight excluding hydrogens is 168 g/mol. The predicted molar refractivity (Wildman–Crippen MR) is 51.6 cm³/mol. The summed E-state index contributed by atoms with van der Waals surface area (Å²) < 4.78 is 0. The monoisotopic (exact) mass is 184 g/mol. The van der Waals surface area contributed by atoms with Gasteiger partial charge in [-0.2, -0.15) is 0 Å². The van der Waals surface area contributed by atoms with Gasteiger partial charge in [-0.3, -0.25) is 9.79 Å². The van der Waals surface area contributed by atoms with Gasteiger partial charge in [0.15, 0.2) is 0 Å². The minimum absolute atomic E-state index is 0.0569. The molecule has 1 fully saturated rings. The summed E-state index contributed by atoms with van der Waals surface area (Å²) in [7, 11) is 0. The van der Waals surface area contributed by atoms with Crippen LogP contribution in [0.5, 0.6) is 0 Å². The minimum Gasteiger partial charge on any atom is -0.388 e. The second-order valence-electron chi connectivity index (χ2n) is 3.21. The zero-order valence-corrected chi connectivity index (χ0v) is 7.84. The third kappa shape index (κ3) is 3.89. The highest BCUT2D eigenvalue weighted by Gasteiger charge is 2.15. The minimum atomic E-state index is -0.0569. The maximum Gasteiger partial charge on any atom is 0.241 e. The molecule has 13 heavy (non-hydrogen) atoms. The average Bonchev–Trinajstić information content (AvgIpc) is 2.53. The van der Waals surface area contributed by atoms with Gasteiger partial charge >= 0.3 is 0 Å². The Labute approximate surface area is 77.8 Å². The van der Waals surface area contributed by atoms with E-state index in [2.05, 4.69) is 15.6 Å². The Hall–Kier alpha value is -1.10. The molecule has 0 aliphatic carbocycles. The summed E-state index contributed by atoms with van der Waals surface area (Å²) in [5.74, 6) is 0.387. The number of carbonyl (C=O) groups excluding carboxylic acids is 1. The van der Waals surface area contributed by atoms with Crippen LogP contribution in [-0.4, -0.2) is 37.4 Å². The molecular formula is C8H16N4O. The van der Waals surface area contributed by atoms with Crippen LogP contribution in [0.1, 0.15) is 13.3 Å². The van der Waals surface area contributed by atoms with Crippen molar-refractivity contribution in [3.63, 3.8) is 0 Å². The van der Waals surface area contributed by atoms with E-state index in [1.54, 1.807) is 6.92 Å². The van der Waals surface area contributed by atoms with Crippen molar-refractivity contribution >= 4 is 11.7 Å². The number of carbonyl (C=O) groups is 1. The molecule has 0 aromatic rings. The van der Waals surface area contributed by atoms with E-state index >= 15 is 0 Å². The summed E-state index contributed by atoms with van der Waals surface area (Å²) in [4.78, 5) is 15.0. The van der Waals surface area contributed by atoms with Crippen molar-refractivity contribution in [2.24, 2.45) is 10.7 Å². The van der Waals surface area contributed by atoms with Crippen LogP contribution in [0.2, 0.25) is 0 Å². The number of nitrogens with one attached hydrogen (secondary N) is 2. The molecule has 0 aromatic carbocycles. The fourth-order valence-electron chi connectivity index (χ4n) is 1.25. The first kappa shape index (κ1) is 9.98. The molecule has 1 unspecified atom stereocenters. The van der Waals surface area contributed by atoms with Crippen molar-refractivity contribution in [3.05, 3.63) is 0 Å². The average molecular weight is 184 g/mol. The molecule has 1 aliphatic heterocycles. The van der Waals surface area contributed by atoms with E-state index in [9.17, 15) is 4.79 Å². The Morgan fingerprint density at radius 2 is 2.54 bits per heavy atom. The summed E-state index contributed by atoms with van der Waals surface area (Å²) in [5.41, 5.74) is 5.31. The standard InChI is InChI=1S/C8H16N4O/c1-6(9)11-5-8(13)12-7-2-3-10-4-7/h7,10H,2-5H2,1H3,(H2,9,11)(H,12,13). The highest BCUT2D eigenvalue weighted by Crippen LogP contribution is 1.96. The third-order valence-electron chi connectivity index (χ3n) is 1.90. The smallest absolute Gasteiger partial charge is 0.241 e. The van der Waals surface area contributed by atoms with Gasteiger partial charge in [0.25, 0.3) is 0 Å². The Balaban J connectivity index is 2.20. The molecule has 0 radical (unpaired) electrons. The molecule has 74 valence electrons. The summed E-state index contributed by atoms with van der Waals surface area (Å²) >= 11 is 0. The van der Waals surface area contributed by atoms with Crippen LogP contribution in [0.3, 0.4) is 0 Å². The lowest BCUT2D eigenvalue weighted by Crippen LogP contribution is -2.37. The van der Waals surface area contributed by atoms with E-state index in [0.717, 1.165) is 19.5 Å². The summed E-state index contributed by atoms with van der Waals surface area (Å²) in [6.07, 6.45) is 0.997. The van der Waals surface area contributed by atoms with E-state index in [1.807, 2.05) is 0 Å². The third-order valence-corrected chi connectivity index (χ3v) is 1.90. The van der Waals surface area contributed by atoms with E-state index in [-0.39, 0.29) is 18.5 Å². The normalized spacial score (nSPS) is 23.2. The number of hydrogen-bond donors (Lipinski definition) is 3. The number of nitrogens with zero attached hydrogens (tertiary/aromatic N) is 1. The van der Waals surface area contributed by atoms with Crippen LogP contribution in [0.4, 0.5) is 0 Å². The van der Waals surface area contributed by atoms with Crippen LogP contribution < -0.4 is 16.4 Å². The molecule has 0 spiro atoms. The molecule has 1 rings (SSSR count). The largest absolute Gasteiger partial charge is 0.388 e. The molecule has 5 heteroatoms. The number of amides is 1. The maximum absolute atomic E-state index is 11.2. The molecule has 0 bridgehead atoms. The van der Waals surface area contributed by atoms with Gasteiger partial charge in [0.05, 0.1) is 5.84 Å². The number of amidine groups is 1. The first-order valence-electron chi connectivity index (χ1n) is 4.45. The summed E-state index contributed by atoms with van der Waals surface area (Å²) in [6.45, 7) is 3.64. The van der Waals surface area contributed by atoms with Crippen LogP contribution in [-0.2, 0) is 4.79 Å². The fraction of sp³-hybridized carbons (Fsp3) is 0.750. The number of hydrogen-bond acceptors (Lipinski definition) is 3. The van der Waals surface area contributed by atoms with Gasteiger partial charge in [0, 0.05) is 12.6 Å². The molecule has 1 heterocycles. The van der Waals surface area contributed by atoms with Gasteiger partial charge in [-0.15, -0.1) is 0 Å². The molecule has 1 aliphatic rings. The van der Waals surface area contributed by atoms with Crippen LogP contribution in [0, 0.1) is 0 Å². The predicted octanol–water partition coefficient (Wildman–Crippen LogP) is -1.16. The molecule has 0 saturated carbocycles. The highest BCUT2D eigenvalue weighted by atomic mass is 16.1. The van der Waals surface area contributed by atoms with E-state index in [0.29, 0.717) is 5.84 Å². The van der Waals surface area contributed by atoms with E-state index in [4.69, 9.17) is 5.73 Å². The zero-order chi connectivity index (χ0) is 9.68. The van der Waals surface area contributed by atoms with Gasteiger partial charge in [0.1, 0.15) is 6.54 Å². The van der Waals surface area contributed by atoms with Crippen molar-refractivity contribution in [1.82, 2.24) is 10.6 Å². The lowest BCUT2D eigenvalue weighted by atomic mass is 10.2. The Kier molecular flexibility index (Phi) is 3.70. The fourth-order valence-corrected chi connectivity index (χ4v) is 1.25. The molecule has 1 atom stereocenters. The van der Waals surface area contributed by atoms with Gasteiger partial charge in [-0.25, -0.2) is 0 Å². The van der Waals surface area contributed by atoms with Gasteiger partial charge in [0.2, 0.25) is 5.91 Å². The number of rotatable bonds is 3. The Morgan fingerprint density at radius 1 is 1.77 bits per heavy atom. The van der Waals surface area contributed by atoms with Gasteiger partial charge < -0.3 is 16.4 Å². The van der Waals surface area contributed by atoms with Gasteiger partial charge in [-0.1, -0.05) is 0 Å². The lowest BCUT2D eigenvalue weighted by Gasteiger charge is -2.09. The Morgan fingerprint density at radius 3 is 3.08 bits per heavy atom. The van der Waals surface area contributed by atoms with Crippen molar-refractivity contribution in [1.29, 1.82) is 0 Å². The topological polar surface area (TPSA) is 79.5 Å². The van der Waals surface area contributed by atoms with Crippen LogP contribution >= 0.6 is 0 Å². The Bertz CT molecular complexity index is 204. The molecule has 1 amide bonds. The molecule has 5 nitrogen and oxygen atoms in total. The van der Waals surface area contributed by atoms with Crippen molar-refractivity contribution in [2.45, 2.75) is 19.4 Å². The van der Waals surface area contributed by atoms with E-state index < -0.39 is 0 Å². The second kappa shape index (κ2) is 4.81. The lowest BCUT2D eigenvalue weighted by molar-refractivity contribution is -0.120. The number of aliphatic imine (C=N–C) groups is 1. The number of nitrogens with two attached hydrogens (primary N) is 1. The quantitative estimate of drug-likeness (QED) is 0.382. The van der Waals surface area contributed by atoms with Gasteiger partial charge in [-0.05, 0) is 19.9 Å². The molecule has 0 aromatic heterocycles. The van der Waals surface area contributed by atoms with Crippen molar-refractivity contribution in [3.8, 4) is 0 Å². The van der Waals surface area contributed by atoms with Crippen LogP contribution in [0.25, 0.3) is 0 Å². The summed E-state index contributed by atoms with van der Waals surface area (Å²) in [6, 6.07) is 0.265. The second-order valence-corrected chi connectivity index (χ2v) is 3.21. The van der Waals surface area contributed by atoms with E-state index in [1.165, 1.54) is 0 Å². The molecule has 4 N–H and O–H groups in total. The molecule has 1 saturated heterocycles. The highest BCUT2D eigenvalue weighted by molar-refractivity contribution is 5.83. The van der Waals surface area contributed by atoms with Crippen LogP contribution in [0.15, 0.2) is 4.99 Å².